The molecule has 1 atom stereocenters. The van der Waals surface area contributed by atoms with Crippen LogP contribution in [0.4, 0.5) is 5.82 Å². The fourth-order valence-electron chi connectivity index (χ4n) is 4.72. The van der Waals surface area contributed by atoms with Crippen molar-refractivity contribution in [2.24, 2.45) is 7.05 Å². The van der Waals surface area contributed by atoms with Crippen molar-refractivity contribution in [1.29, 1.82) is 0 Å². The zero-order chi connectivity index (χ0) is 27.4. The molecular formula is C29H32N8O2. The fraction of sp³-hybridized carbons (Fsp3) is 0.276. The summed E-state index contributed by atoms with van der Waals surface area (Å²) in [4.78, 5) is 25.6. The third kappa shape index (κ3) is 5.51. The summed E-state index contributed by atoms with van der Waals surface area (Å²) < 4.78 is 9.09. The van der Waals surface area contributed by atoms with Crippen LogP contribution in [0.5, 0.6) is 0 Å². The molecular weight excluding hydrogens is 492 g/mol. The number of nitrogens with one attached hydrogen (secondary N) is 1. The van der Waals surface area contributed by atoms with Crippen LogP contribution in [0.3, 0.4) is 0 Å². The van der Waals surface area contributed by atoms with Crippen LogP contribution >= 0.6 is 0 Å². The maximum atomic E-state index is 12.9. The van der Waals surface area contributed by atoms with E-state index in [9.17, 15) is 4.79 Å². The molecule has 5 rings (SSSR count). The van der Waals surface area contributed by atoms with Gasteiger partial charge in [0.25, 0.3) is 0 Å². The first-order chi connectivity index (χ1) is 19.0. The van der Waals surface area contributed by atoms with E-state index in [0.717, 1.165) is 28.2 Å². The van der Waals surface area contributed by atoms with Crippen molar-refractivity contribution in [3.05, 3.63) is 95.3 Å². The molecule has 10 nitrogen and oxygen atoms in total. The average Bonchev–Trinajstić information content (AvgIpc) is 3.51. The third-order valence-corrected chi connectivity index (χ3v) is 6.78. The van der Waals surface area contributed by atoms with E-state index >= 15 is 0 Å². The van der Waals surface area contributed by atoms with Crippen molar-refractivity contribution in [3.8, 4) is 5.69 Å². The number of aryl methyl sites for hydroxylation is 1. The fourth-order valence-corrected chi connectivity index (χ4v) is 4.72. The molecule has 3 N–H and O–H groups in total. The van der Waals surface area contributed by atoms with Gasteiger partial charge in [0.05, 0.1) is 18.0 Å². The number of fused-ring (bicyclic) bond motifs is 1. The number of hydrogen-bond acceptors (Lipinski definition) is 8. The summed E-state index contributed by atoms with van der Waals surface area (Å²) in [7, 11) is 1.88. The van der Waals surface area contributed by atoms with Gasteiger partial charge in [0.2, 0.25) is 0 Å². The molecule has 3 heterocycles. The maximum Gasteiger partial charge on any atom is 0.341 e. The zero-order valence-electron chi connectivity index (χ0n) is 22.3. The number of hydrogen-bond donors (Lipinski definition) is 2. The molecule has 0 bridgehead atoms. The first kappa shape index (κ1) is 26.1. The van der Waals surface area contributed by atoms with Crippen LogP contribution in [0.25, 0.3) is 16.9 Å². The van der Waals surface area contributed by atoms with Gasteiger partial charge in [-0.3, -0.25) is 9.25 Å². The lowest BCUT2D eigenvalue weighted by Crippen LogP contribution is -2.22. The normalized spacial score (nSPS) is 12.1. The molecule has 0 aliphatic heterocycles. The van der Waals surface area contributed by atoms with Gasteiger partial charge in [0.1, 0.15) is 18.2 Å². The highest BCUT2D eigenvalue weighted by Crippen LogP contribution is 2.22. The van der Waals surface area contributed by atoms with E-state index in [4.69, 9.17) is 15.6 Å². The predicted molar refractivity (Wildman–Crippen MR) is 150 cm³/mol. The van der Waals surface area contributed by atoms with E-state index < -0.39 is 0 Å². The third-order valence-electron chi connectivity index (χ3n) is 6.78. The van der Waals surface area contributed by atoms with Crippen molar-refractivity contribution in [1.82, 2.24) is 34.6 Å². The van der Waals surface area contributed by atoms with Gasteiger partial charge in [0, 0.05) is 38.2 Å². The first-order valence-corrected chi connectivity index (χ1v) is 13.0. The molecule has 0 aliphatic carbocycles. The van der Waals surface area contributed by atoms with Gasteiger partial charge in [-0.1, -0.05) is 42.5 Å². The molecule has 0 fully saturated rings. The second kappa shape index (κ2) is 11.4. The summed E-state index contributed by atoms with van der Waals surface area (Å²) in [5, 5.41) is 8.26. The van der Waals surface area contributed by atoms with Crippen molar-refractivity contribution in [2.45, 2.75) is 32.7 Å². The zero-order valence-corrected chi connectivity index (χ0v) is 22.3. The number of carbonyl (C=O) groups excluding carboxylic acids is 1. The number of nitrogen functional groups attached to an aromatic ring is 1. The molecule has 0 radical (unpaired) electrons. The molecule has 10 heteroatoms. The minimum atomic E-state index is -0.325. The van der Waals surface area contributed by atoms with Crippen molar-refractivity contribution < 1.29 is 9.53 Å². The number of nitrogens with zero attached hydrogens (tertiary/aromatic N) is 6. The van der Waals surface area contributed by atoms with Crippen LogP contribution in [0.15, 0.2) is 67.3 Å². The molecule has 0 saturated carbocycles. The summed E-state index contributed by atoms with van der Waals surface area (Å²) >= 11 is 0. The van der Waals surface area contributed by atoms with Gasteiger partial charge in [-0.2, -0.15) is 5.10 Å². The molecule has 0 spiro atoms. The second-order valence-corrected chi connectivity index (χ2v) is 9.34. The molecule has 5 aromatic rings. The lowest BCUT2D eigenvalue weighted by molar-refractivity contribution is 0.0524. The SMILES string of the molecule is CCOC(=O)c1c(CCNC(C)c2ccc(-n3cnc4c(N)ncnc43)cc2)nn(C)c1Cc1ccccc1. The maximum absolute atomic E-state index is 12.9. The molecule has 1 unspecified atom stereocenters. The molecule has 2 aromatic carbocycles. The number of carbonyl (C=O) groups is 1. The van der Waals surface area contributed by atoms with Crippen molar-refractivity contribution in [3.63, 3.8) is 0 Å². The van der Waals surface area contributed by atoms with Gasteiger partial charge >= 0.3 is 5.97 Å². The number of aromatic nitrogens is 6. The summed E-state index contributed by atoms with van der Waals surface area (Å²) in [6.45, 7) is 4.90. The molecule has 39 heavy (non-hydrogen) atoms. The van der Waals surface area contributed by atoms with E-state index in [1.54, 1.807) is 11.0 Å². The van der Waals surface area contributed by atoms with Gasteiger partial charge in [0.15, 0.2) is 17.0 Å². The predicted octanol–water partition coefficient (Wildman–Crippen LogP) is 3.79. The quantitative estimate of drug-likeness (QED) is 0.264. The monoisotopic (exact) mass is 524 g/mol. The number of nitrogens with two attached hydrogens (primary N) is 1. The minimum Gasteiger partial charge on any atom is -0.462 e. The number of esters is 1. The highest BCUT2D eigenvalue weighted by Gasteiger charge is 2.24. The lowest BCUT2D eigenvalue weighted by atomic mass is 10.0. The number of ether oxygens (including phenoxy) is 1. The van der Waals surface area contributed by atoms with Crippen molar-refractivity contribution >= 4 is 23.0 Å². The molecule has 0 amide bonds. The Hall–Kier alpha value is -4.57. The Labute approximate surface area is 226 Å². The van der Waals surface area contributed by atoms with Crippen LogP contribution in [0.2, 0.25) is 0 Å². The Balaban J connectivity index is 1.27. The number of imidazole rings is 1. The summed E-state index contributed by atoms with van der Waals surface area (Å²) in [5.74, 6) is 0.0358. The topological polar surface area (TPSA) is 126 Å². The first-order valence-electron chi connectivity index (χ1n) is 13.0. The largest absolute Gasteiger partial charge is 0.462 e. The Morgan fingerprint density at radius 2 is 1.85 bits per heavy atom. The van der Waals surface area contributed by atoms with E-state index in [1.807, 2.05) is 48.9 Å². The van der Waals surface area contributed by atoms with E-state index in [2.05, 4.69) is 51.5 Å². The smallest absolute Gasteiger partial charge is 0.341 e. The Morgan fingerprint density at radius 3 is 2.59 bits per heavy atom. The Morgan fingerprint density at radius 1 is 1.08 bits per heavy atom. The van der Waals surface area contributed by atoms with Crippen LogP contribution < -0.4 is 11.1 Å². The highest BCUT2D eigenvalue weighted by atomic mass is 16.5. The van der Waals surface area contributed by atoms with Gasteiger partial charge < -0.3 is 15.8 Å². The molecule has 200 valence electrons. The summed E-state index contributed by atoms with van der Waals surface area (Å²) in [6.07, 6.45) is 4.35. The van der Waals surface area contributed by atoms with Gasteiger partial charge in [-0.15, -0.1) is 0 Å². The van der Waals surface area contributed by atoms with Gasteiger partial charge in [-0.05, 0) is 37.1 Å². The minimum absolute atomic E-state index is 0.0927. The number of anilines is 1. The van der Waals surface area contributed by atoms with Gasteiger partial charge in [-0.25, -0.2) is 19.7 Å². The highest BCUT2D eigenvalue weighted by molar-refractivity contribution is 5.92. The summed E-state index contributed by atoms with van der Waals surface area (Å²) in [5.41, 5.74) is 12.5. The van der Waals surface area contributed by atoms with Crippen LogP contribution in [0, 0.1) is 0 Å². The summed E-state index contributed by atoms with van der Waals surface area (Å²) in [6, 6.07) is 18.4. The molecule has 0 aliphatic rings. The van der Waals surface area contributed by atoms with E-state index in [1.165, 1.54) is 6.33 Å². The Kier molecular flexibility index (Phi) is 7.64. The van der Waals surface area contributed by atoms with E-state index in [0.29, 0.717) is 48.5 Å². The standard InChI is InChI=1S/C29H32N8O2/c1-4-39-29(38)25-23(35-36(3)24(25)16-20-8-6-5-7-9-20)14-15-31-19(2)21-10-12-22(13-11-21)37-18-34-26-27(30)32-17-33-28(26)37/h5-13,17-19,31H,4,14-16H2,1-3H3,(H2,30,32,33). The second-order valence-electron chi connectivity index (χ2n) is 9.34. The Bertz CT molecular complexity index is 1570. The van der Waals surface area contributed by atoms with Crippen LogP contribution in [-0.4, -0.2) is 48.4 Å². The average molecular weight is 525 g/mol. The van der Waals surface area contributed by atoms with E-state index in [-0.39, 0.29) is 12.0 Å². The molecule has 0 saturated heterocycles. The van der Waals surface area contributed by atoms with Crippen LogP contribution in [0.1, 0.15) is 52.8 Å². The number of benzene rings is 2. The molecule has 3 aromatic heterocycles. The van der Waals surface area contributed by atoms with Crippen molar-refractivity contribution in [2.75, 3.05) is 18.9 Å². The number of rotatable bonds is 10. The van der Waals surface area contributed by atoms with Crippen LogP contribution in [-0.2, 0) is 24.6 Å². The lowest BCUT2D eigenvalue weighted by Gasteiger charge is -2.15.